The summed E-state index contributed by atoms with van der Waals surface area (Å²) in [5, 5.41) is 0.597. The van der Waals surface area contributed by atoms with E-state index in [1.54, 1.807) is 31.2 Å². The molecule has 134 valence electrons. The van der Waals surface area contributed by atoms with Crippen LogP contribution in [0.25, 0.3) is 0 Å². The Hall–Kier alpha value is -2.20. The van der Waals surface area contributed by atoms with E-state index in [0.29, 0.717) is 16.3 Å². The smallest absolute Gasteiger partial charge is 0.178 e. The maximum absolute atomic E-state index is 11.1. The second-order valence-electron chi connectivity index (χ2n) is 5.45. The second-order valence-corrected chi connectivity index (χ2v) is 5.89. The van der Waals surface area contributed by atoms with E-state index in [1.165, 1.54) is 11.3 Å². The lowest BCUT2D eigenvalue weighted by atomic mass is 10.0. The summed E-state index contributed by atoms with van der Waals surface area (Å²) < 4.78 is 0. The van der Waals surface area contributed by atoms with Gasteiger partial charge in [0.25, 0.3) is 0 Å². The van der Waals surface area contributed by atoms with Gasteiger partial charge in [-0.3, -0.25) is 14.6 Å². The van der Waals surface area contributed by atoms with Gasteiger partial charge >= 0.3 is 0 Å². The summed E-state index contributed by atoms with van der Waals surface area (Å²) in [4.78, 5) is 27.6. The van der Waals surface area contributed by atoms with Crippen LogP contribution >= 0.6 is 11.6 Å². The molecule has 1 aliphatic heterocycles. The first-order valence-corrected chi connectivity index (χ1v) is 8.81. The van der Waals surface area contributed by atoms with Crippen molar-refractivity contribution in [3.63, 3.8) is 0 Å². The largest absolute Gasteiger partial charge is 0.373 e. The number of anilines is 1. The van der Waals surface area contributed by atoms with Crippen LogP contribution in [0.15, 0.2) is 36.5 Å². The number of aldehydes is 1. The van der Waals surface area contributed by atoms with Crippen LogP contribution in [0.1, 0.15) is 53.6 Å². The molecule has 5 heteroatoms. The maximum atomic E-state index is 11.1. The Kier molecular flexibility index (Phi) is 8.86. The number of aromatic nitrogens is 1. The van der Waals surface area contributed by atoms with Gasteiger partial charge in [-0.2, -0.15) is 0 Å². The molecule has 1 aromatic carbocycles. The molecule has 1 aromatic heterocycles. The highest BCUT2D eigenvalue weighted by molar-refractivity contribution is 6.30. The number of pyridine rings is 1. The third-order valence-electron chi connectivity index (χ3n) is 3.66. The van der Waals surface area contributed by atoms with Crippen LogP contribution in [0.3, 0.4) is 0 Å². The lowest BCUT2D eigenvalue weighted by molar-refractivity contribution is 0.101. The van der Waals surface area contributed by atoms with Gasteiger partial charge in [0.1, 0.15) is 12.0 Å². The van der Waals surface area contributed by atoms with Crippen molar-refractivity contribution in [1.29, 1.82) is 0 Å². The molecule has 2 aromatic rings. The maximum Gasteiger partial charge on any atom is 0.178 e. The number of aryl methyl sites for hydroxylation is 1. The zero-order valence-corrected chi connectivity index (χ0v) is 16.0. The minimum absolute atomic E-state index is 0.0426. The van der Waals surface area contributed by atoms with Gasteiger partial charge in [0, 0.05) is 31.1 Å². The first kappa shape index (κ1) is 20.8. The van der Waals surface area contributed by atoms with E-state index in [9.17, 15) is 9.59 Å². The standard InChI is InChI=1S/C11H14N2O.C7H5ClO.C2H6/c1-8(14)10-6-9-4-3-5-13(2)11(9)7-12-10;8-7-3-1-2-6(4-7)5-9;1-2/h6-7H,3-5H2,1-2H3;1-5H;1-2H3. The fourth-order valence-electron chi connectivity index (χ4n) is 2.43. The summed E-state index contributed by atoms with van der Waals surface area (Å²) in [5.74, 6) is 0.0426. The van der Waals surface area contributed by atoms with Gasteiger partial charge < -0.3 is 4.90 Å². The molecule has 0 fully saturated rings. The van der Waals surface area contributed by atoms with E-state index in [1.807, 2.05) is 26.1 Å². The van der Waals surface area contributed by atoms with Crippen molar-refractivity contribution in [2.75, 3.05) is 18.5 Å². The molecule has 0 saturated heterocycles. The van der Waals surface area contributed by atoms with E-state index in [0.717, 1.165) is 25.7 Å². The van der Waals surface area contributed by atoms with Crippen molar-refractivity contribution in [1.82, 2.24) is 4.98 Å². The Bertz CT molecular complexity index is 717. The number of halogens is 1. The monoisotopic (exact) mass is 360 g/mol. The molecular formula is C20H25ClN2O2. The van der Waals surface area contributed by atoms with Crippen LogP contribution in [-0.2, 0) is 6.42 Å². The quantitative estimate of drug-likeness (QED) is 0.567. The highest BCUT2D eigenvalue weighted by Crippen LogP contribution is 2.25. The third kappa shape index (κ3) is 6.31. The van der Waals surface area contributed by atoms with Crippen LogP contribution in [0.2, 0.25) is 5.02 Å². The van der Waals surface area contributed by atoms with Crippen LogP contribution in [0, 0.1) is 0 Å². The highest BCUT2D eigenvalue weighted by Gasteiger charge is 2.15. The van der Waals surface area contributed by atoms with Gasteiger partial charge in [0.2, 0.25) is 0 Å². The fourth-order valence-corrected chi connectivity index (χ4v) is 2.63. The Labute approximate surface area is 154 Å². The van der Waals surface area contributed by atoms with E-state index in [4.69, 9.17) is 11.6 Å². The Morgan fingerprint density at radius 2 is 2.00 bits per heavy atom. The van der Waals surface area contributed by atoms with E-state index < -0.39 is 0 Å². The lowest BCUT2D eigenvalue weighted by Gasteiger charge is -2.27. The number of hydrogen-bond donors (Lipinski definition) is 0. The average molecular weight is 361 g/mol. The van der Waals surface area contributed by atoms with Crippen LogP contribution < -0.4 is 4.90 Å². The van der Waals surface area contributed by atoms with Gasteiger partial charge in [0.05, 0.1) is 11.9 Å². The SMILES string of the molecule is CC.CC(=O)c1cc2c(cn1)N(C)CCC2.O=Cc1cccc(Cl)c1. The first-order valence-electron chi connectivity index (χ1n) is 8.43. The normalized spacial score (nSPS) is 12.0. The second kappa shape index (κ2) is 10.6. The van der Waals surface area contributed by atoms with Crippen LogP contribution in [0.4, 0.5) is 5.69 Å². The molecule has 0 amide bonds. The number of Topliss-reactive ketones (excluding diaryl/α,β-unsaturated/α-hetero) is 1. The van der Waals surface area contributed by atoms with Gasteiger partial charge in [-0.1, -0.05) is 37.6 Å². The van der Waals surface area contributed by atoms with Crippen LogP contribution in [-0.4, -0.2) is 30.6 Å². The molecule has 2 heterocycles. The topological polar surface area (TPSA) is 50.3 Å². The van der Waals surface area contributed by atoms with Crippen molar-refractivity contribution in [3.05, 3.63) is 58.4 Å². The summed E-state index contributed by atoms with van der Waals surface area (Å²) in [6, 6.07) is 8.72. The summed E-state index contributed by atoms with van der Waals surface area (Å²) in [7, 11) is 2.06. The number of carbonyl (C=O) groups is 2. The minimum Gasteiger partial charge on any atom is -0.373 e. The highest BCUT2D eigenvalue weighted by atomic mass is 35.5. The number of nitrogens with zero attached hydrogens (tertiary/aromatic N) is 2. The Balaban J connectivity index is 0.000000246. The molecule has 0 aliphatic carbocycles. The molecule has 1 aliphatic rings. The number of ketones is 1. The molecule has 4 nitrogen and oxygen atoms in total. The molecule has 25 heavy (non-hydrogen) atoms. The zero-order chi connectivity index (χ0) is 18.8. The molecule has 0 atom stereocenters. The first-order chi connectivity index (χ1) is 12.0. The lowest BCUT2D eigenvalue weighted by Crippen LogP contribution is -2.25. The number of fused-ring (bicyclic) bond motifs is 1. The predicted octanol–water partition coefficient (Wildman–Crippen LogP) is 4.85. The summed E-state index contributed by atoms with van der Waals surface area (Å²) >= 11 is 5.56. The third-order valence-corrected chi connectivity index (χ3v) is 3.90. The summed E-state index contributed by atoms with van der Waals surface area (Å²) in [6.07, 6.45) is 4.80. The van der Waals surface area contributed by atoms with Gasteiger partial charge in [-0.25, -0.2) is 0 Å². The van der Waals surface area contributed by atoms with Crippen molar-refractivity contribution < 1.29 is 9.59 Å². The van der Waals surface area contributed by atoms with Crippen molar-refractivity contribution in [2.45, 2.75) is 33.6 Å². The number of benzene rings is 1. The fraction of sp³-hybridized carbons (Fsp3) is 0.350. The molecular weight excluding hydrogens is 336 g/mol. The Morgan fingerprint density at radius 1 is 1.28 bits per heavy atom. The van der Waals surface area contributed by atoms with Crippen LogP contribution in [0.5, 0.6) is 0 Å². The minimum atomic E-state index is 0.0426. The molecule has 0 unspecified atom stereocenters. The molecule has 0 N–H and O–H groups in total. The van der Waals surface area contributed by atoms with E-state index >= 15 is 0 Å². The van der Waals surface area contributed by atoms with Gasteiger partial charge in [-0.15, -0.1) is 0 Å². The van der Waals surface area contributed by atoms with Gasteiger partial charge in [0.15, 0.2) is 5.78 Å². The van der Waals surface area contributed by atoms with E-state index in [-0.39, 0.29) is 5.78 Å². The molecule has 0 radical (unpaired) electrons. The Morgan fingerprint density at radius 3 is 2.56 bits per heavy atom. The summed E-state index contributed by atoms with van der Waals surface area (Å²) in [6.45, 7) is 6.63. The zero-order valence-electron chi connectivity index (χ0n) is 15.3. The predicted molar refractivity (Wildman–Crippen MR) is 104 cm³/mol. The average Bonchev–Trinajstić information content (AvgIpc) is 2.64. The molecule has 3 rings (SSSR count). The molecule has 0 spiro atoms. The number of rotatable bonds is 2. The van der Waals surface area contributed by atoms with Crippen molar-refractivity contribution in [3.8, 4) is 0 Å². The van der Waals surface area contributed by atoms with E-state index in [2.05, 4.69) is 16.9 Å². The van der Waals surface area contributed by atoms with Crippen molar-refractivity contribution >= 4 is 29.4 Å². The van der Waals surface area contributed by atoms with Gasteiger partial charge in [-0.05, 0) is 36.6 Å². The number of carbonyl (C=O) groups excluding carboxylic acids is 2. The molecule has 0 saturated carbocycles. The molecule has 0 bridgehead atoms. The van der Waals surface area contributed by atoms with Crippen molar-refractivity contribution in [2.24, 2.45) is 0 Å². The number of hydrogen-bond acceptors (Lipinski definition) is 4. The summed E-state index contributed by atoms with van der Waals surface area (Å²) in [5.41, 5.74) is 3.61.